The molecule has 0 unspecified atom stereocenters. The van der Waals surface area contributed by atoms with Gasteiger partial charge in [0.1, 0.15) is 5.69 Å². The summed E-state index contributed by atoms with van der Waals surface area (Å²) in [6.45, 7) is 0. The van der Waals surface area contributed by atoms with Gasteiger partial charge in [0.2, 0.25) is 5.95 Å². The third-order valence-corrected chi connectivity index (χ3v) is 10.6. The molecule has 7 aromatic carbocycles. The summed E-state index contributed by atoms with van der Waals surface area (Å²) in [5.74, 6) is 0.641. The fourth-order valence-electron chi connectivity index (χ4n) is 8.12. The fraction of sp³-hybridized carbons (Fsp3) is 0. The highest BCUT2D eigenvalue weighted by atomic mass is 15.2. The van der Waals surface area contributed by atoms with E-state index in [4.69, 9.17) is 9.97 Å². The van der Waals surface area contributed by atoms with Crippen molar-refractivity contribution >= 4 is 54.5 Å². The van der Waals surface area contributed by atoms with Gasteiger partial charge in [0.25, 0.3) is 0 Å². The Hall–Kier alpha value is -7.24. The highest BCUT2D eigenvalue weighted by molar-refractivity contribution is 6.18. The zero-order chi connectivity index (χ0) is 34.9. The molecule has 5 nitrogen and oxygen atoms in total. The lowest BCUT2D eigenvalue weighted by Crippen LogP contribution is -2.05. The van der Waals surface area contributed by atoms with Gasteiger partial charge in [0, 0.05) is 45.5 Å². The molecule has 0 atom stereocenters. The van der Waals surface area contributed by atoms with E-state index in [2.05, 4.69) is 196 Å². The molecule has 4 aromatic heterocycles. The summed E-state index contributed by atoms with van der Waals surface area (Å²) in [6.07, 6.45) is 4.27. The number of fused-ring (bicyclic) bond motifs is 7. The summed E-state index contributed by atoms with van der Waals surface area (Å²) in [6, 6.07) is 62.2. The Morgan fingerprint density at radius 1 is 0.377 bits per heavy atom. The SMILES string of the molecule is c1ccc(-n2ccc3c2ccc2c4ccccc4n(-c4nc(-c5ccc(-c6cccc7ccccc67)cc5)c5c(ccn5-c5ccccc5)n4)c23)cc1. The number of hydrogen-bond donors (Lipinski definition) is 0. The minimum absolute atomic E-state index is 0.641. The predicted octanol–water partition coefficient (Wildman–Crippen LogP) is 11.9. The lowest BCUT2D eigenvalue weighted by molar-refractivity contribution is 1.01. The minimum atomic E-state index is 0.641. The average molecular weight is 678 g/mol. The highest BCUT2D eigenvalue weighted by Crippen LogP contribution is 2.39. The van der Waals surface area contributed by atoms with Gasteiger partial charge >= 0.3 is 0 Å². The summed E-state index contributed by atoms with van der Waals surface area (Å²) in [5, 5.41) is 5.96. The molecule has 4 heterocycles. The Labute approximate surface area is 305 Å². The van der Waals surface area contributed by atoms with Crippen molar-refractivity contribution in [3.63, 3.8) is 0 Å². The van der Waals surface area contributed by atoms with E-state index in [1.54, 1.807) is 0 Å². The first-order valence-corrected chi connectivity index (χ1v) is 17.9. The van der Waals surface area contributed by atoms with Crippen LogP contribution in [0.5, 0.6) is 0 Å². The second kappa shape index (κ2) is 11.7. The van der Waals surface area contributed by atoms with Gasteiger partial charge in [-0.15, -0.1) is 0 Å². The molecule has 0 aliphatic heterocycles. The van der Waals surface area contributed by atoms with Gasteiger partial charge in [-0.25, -0.2) is 9.97 Å². The number of hydrogen-bond acceptors (Lipinski definition) is 2. The van der Waals surface area contributed by atoms with Gasteiger partial charge in [-0.1, -0.05) is 127 Å². The van der Waals surface area contributed by atoms with Crippen LogP contribution in [0, 0.1) is 0 Å². The molecule has 0 aliphatic carbocycles. The molecule has 0 spiro atoms. The molecule has 53 heavy (non-hydrogen) atoms. The molecule has 5 heteroatoms. The van der Waals surface area contributed by atoms with Crippen LogP contribution in [0.4, 0.5) is 0 Å². The predicted molar refractivity (Wildman–Crippen MR) is 218 cm³/mol. The molecule has 0 N–H and O–H groups in total. The van der Waals surface area contributed by atoms with Gasteiger partial charge in [0.05, 0.1) is 27.6 Å². The van der Waals surface area contributed by atoms with Gasteiger partial charge in [-0.3, -0.25) is 4.57 Å². The molecule has 11 aromatic rings. The topological polar surface area (TPSA) is 40.6 Å². The van der Waals surface area contributed by atoms with E-state index in [0.717, 1.165) is 55.6 Å². The Balaban J connectivity index is 1.17. The Morgan fingerprint density at radius 3 is 1.85 bits per heavy atom. The van der Waals surface area contributed by atoms with Crippen molar-refractivity contribution in [2.75, 3.05) is 0 Å². The monoisotopic (exact) mass is 677 g/mol. The molecule has 0 saturated heterocycles. The van der Waals surface area contributed by atoms with Crippen molar-refractivity contribution in [1.29, 1.82) is 0 Å². The van der Waals surface area contributed by atoms with Crippen molar-refractivity contribution < 1.29 is 0 Å². The largest absolute Gasteiger partial charge is 0.316 e. The van der Waals surface area contributed by atoms with E-state index in [0.29, 0.717) is 5.95 Å². The maximum absolute atomic E-state index is 5.52. The normalized spacial score (nSPS) is 11.8. The van der Waals surface area contributed by atoms with Crippen molar-refractivity contribution in [1.82, 2.24) is 23.7 Å². The second-order valence-electron chi connectivity index (χ2n) is 13.5. The molecule has 11 rings (SSSR count). The van der Waals surface area contributed by atoms with Crippen molar-refractivity contribution in [3.05, 3.63) is 188 Å². The molecule has 0 aliphatic rings. The Morgan fingerprint density at radius 2 is 1.04 bits per heavy atom. The average Bonchev–Trinajstić information content (AvgIpc) is 3.95. The van der Waals surface area contributed by atoms with Gasteiger partial charge in [-0.05, 0) is 70.4 Å². The van der Waals surface area contributed by atoms with E-state index in [-0.39, 0.29) is 0 Å². The smallest absolute Gasteiger partial charge is 0.235 e. The molecule has 0 radical (unpaired) electrons. The molecular weight excluding hydrogens is 647 g/mol. The van der Waals surface area contributed by atoms with E-state index in [1.165, 1.54) is 32.7 Å². The van der Waals surface area contributed by atoms with Crippen LogP contribution < -0.4 is 0 Å². The maximum Gasteiger partial charge on any atom is 0.235 e. The third kappa shape index (κ3) is 4.57. The molecule has 0 saturated carbocycles. The summed E-state index contributed by atoms with van der Waals surface area (Å²) < 4.78 is 6.72. The number of nitrogens with zero attached hydrogens (tertiary/aromatic N) is 5. The minimum Gasteiger partial charge on any atom is -0.316 e. The maximum atomic E-state index is 5.52. The second-order valence-corrected chi connectivity index (χ2v) is 13.5. The van der Waals surface area contributed by atoms with E-state index >= 15 is 0 Å². The van der Waals surface area contributed by atoms with Crippen LogP contribution in [0.2, 0.25) is 0 Å². The van der Waals surface area contributed by atoms with Crippen LogP contribution in [0.25, 0.3) is 94.2 Å². The van der Waals surface area contributed by atoms with Crippen molar-refractivity contribution in [2.24, 2.45) is 0 Å². The van der Waals surface area contributed by atoms with Gasteiger partial charge < -0.3 is 9.13 Å². The first-order chi connectivity index (χ1) is 26.3. The lowest BCUT2D eigenvalue weighted by atomic mass is 9.97. The fourth-order valence-corrected chi connectivity index (χ4v) is 8.12. The Kier molecular flexibility index (Phi) is 6.48. The number of para-hydroxylation sites is 3. The van der Waals surface area contributed by atoms with Crippen LogP contribution >= 0.6 is 0 Å². The van der Waals surface area contributed by atoms with Crippen LogP contribution in [0.15, 0.2) is 188 Å². The quantitative estimate of drug-likeness (QED) is 0.182. The molecular formula is C48H31N5. The van der Waals surface area contributed by atoms with Crippen LogP contribution in [0.3, 0.4) is 0 Å². The molecule has 0 fully saturated rings. The Bertz CT molecular complexity index is 3140. The standard InChI is InChI=1S/C48H31N5/c1-3-14-35(15-4-1)51-30-28-41-43(51)27-26-40-39-19-9-10-21-44(39)53(46(40)41)48-49-42-29-31-52(36-16-5-2-6-17-36)47(42)45(50-48)34-24-22-33(23-25-34)38-20-11-13-32-12-7-8-18-37(32)38/h1-31H. The third-order valence-electron chi connectivity index (χ3n) is 10.6. The summed E-state index contributed by atoms with van der Waals surface area (Å²) in [7, 11) is 0. The zero-order valence-electron chi connectivity index (χ0n) is 28.6. The van der Waals surface area contributed by atoms with E-state index < -0.39 is 0 Å². The zero-order valence-corrected chi connectivity index (χ0v) is 28.6. The molecule has 248 valence electrons. The van der Waals surface area contributed by atoms with Crippen molar-refractivity contribution in [2.45, 2.75) is 0 Å². The van der Waals surface area contributed by atoms with Gasteiger partial charge in [0.15, 0.2) is 0 Å². The summed E-state index contributed by atoms with van der Waals surface area (Å²) >= 11 is 0. The lowest BCUT2D eigenvalue weighted by Gasteiger charge is -2.14. The highest BCUT2D eigenvalue weighted by Gasteiger charge is 2.22. The first kappa shape index (κ1) is 29.5. The first-order valence-electron chi connectivity index (χ1n) is 17.9. The van der Waals surface area contributed by atoms with Gasteiger partial charge in [-0.2, -0.15) is 0 Å². The number of aromatic nitrogens is 5. The summed E-state index contributed by atoms with van der Waals surface area (Å²) in [4.78, 5) is 10.9. The van der Waals surface area contributed by atoms with Crippen molar-refractivity contribution in [3.8, 4) is 39.7 Å². The molecule has 0 amide bonds. The van der Waals surface area contributed by atoms with Crippen LogP contribution in [0.1, 0.15) is 0 Å². The molecule has 0 bridgehead atoms. The van der Waals surface area contributed by atoms with E-state index in [1.807, 2.05) is 6.07 Å². The van der Waals surface area contributed by atoms with Crippen LogP contribution in [-0.4, -0.2) is 23.7 Å². The number of benzene rings is 7. The van der Waals surface area contributed by atoms with E-state index in [9.17, 15) is 0 Å². The summed E-state index contributed by atoms with van der Waals surface area (Å²) in [5.41, 5.74) is 11.6. The number of rotatable bonds is 5. The van der Waals surface area contributed by atoms with Crippen LogP contribution in [-0.2, 0) is 0 Å².